The van der Waals surface area contributed by atoms with E-state index < -0.39 is 0 Å². The van der Waals surface area contributed by atoms with Gasteiger partial charge in [0, 0.05) is 16.3 Å². The van der Waals surface area contributed by atoms with Crippen molar-refractivity contribution < 1.29 is 15.6 Å². The van der Waals surface area contributed by atoms with Crippen molar-refractivity contribution in [1.82, 2.24) is 15.3 Å². The molecule has 0 bridgehead atoms. The van der Waals surface area contributed by atoms with Crippen LogP contribution in [0.5, 0.6) is 17.2 Å². The van der Waals surface area contributed by atoms with Crippen molar-refractivity contribution in [3.8, 4) is 27.7 Å². The highest BCUT2D eigenvalue weighted by Gasteiger charge is 2.19. The second-order valence-corrected chi connectivity index (χ2v) is 8.92. The molecular weight excluding hydrogens is 448 g/mol. The maximum absolute atomic E-state index is 7.79. The van der Waals surface area contributed by atoms with Gasteiger partial charge in [0.25, 0.3) is 0 Å². The average molecular weight is 478 g/mol. The molecule has 3 heterocycles. The molecule has 1 fully saturated rings. The molecule has 176 valence electrons. The molecule has 7 nitrogen and oxygen atoms in total. The maximum Gasteiger partial charge on any atom is 0.162 e. The van der Waals surface area contributed by atoms with Gasteiger partial charge in [0.2, 0.25) is 0 Å². The van der Waals surface area contributed by atoms with Crippen molar-refractivity contribution in [2.24, 2.45) is 0 Å². The number of aromatic nitrogens is 2. The Kier molecular flexibility index (Phi) is 6.41. The normalized spacial score (nSPS) is 15.2. The maximum atomic E-state index is 7.79. The Balaban J connectivity index is 1.51. The molecule has 2 aromatic heterocycles. The third kappa shape index (κ3) is 4.78. The van der Waals surface area contributed by atoms with Crippen LogP contribution in [0.3, 0.4) is 0 Å². The Morgan fingerprint density at radius 2 is 2.00 bits per heavy atom. The highest BCUT2D eigenvalue weighted by Crippen LogP contribution is 2.38. The number of hydrogen-bond acceptors (Lipinski definition) is 8. The second-order valence-electron chi connectivity index (χ2n) is 7.98. The lowest BCUT2D eigenvalue weighted by molar-refractivity contribution is 0.157. The van der Waals surface area contributed by atoms with Crippen LogP contribution in [0.2, 0.25) is 1.41 Å². The largest absolute Gasteiger partial charge is 0.493 e. The van der Waals surface area contributed by atoms with Crippen LogP contribution < -0.4 is 24.8 Å². The number of nitrogens with zero attached hydrogens (tertiary/aromatic N) is 2. The first-order valence-corrected chi connectivity index (χ1v) is 12.3. The van der Waals surface area contributed by atoms with Gasteiger partial charge < -0.3 is 24.8 Å². The number of thiophene rings is 1. The van der Waals surface area contributed by atoms with Crippen molar-refractivity contribution >= 4 is 33.7 Å². The third-order valence-electron chi connectivity index (χ3n) is 5.77. The van der Waals surface area contributed by atoms with Gasteiger partial charge in [0.15, 0.2) is 11.5 Å². The van der Waals surface area contributed by atoms with Gasteiger partial charge in [0.1, 0.15) is 25.4 Å². The lowest BCUT2D eigenvalue weighted by atomic mass is 10.1. The van der Waals surface area contributed by atoms with Gasteiger partial charge in [-0.1, -0.05) is 6.07 Å². The summed E-state index contributed by atoms with van der Waals surface area (Å²) in [6, 6.07) is 14.1. The zero-order chi connectivity index (χ0) is 24.2. The molecule has 2 N–H and O–H groups in total. The molecule has 34 heavy (non-hydrogen) atoms. The minimum absolute atomic E-state index is 0.0380. The molecule has 0 radical (unpaired) electrons. The second kappa shape index (κ2) is 10.3. The van der Waals surface area contributed by atoms with E-state index in [1.54, 1.807) is 23.8 Å². The first-order chi connectivity index (χ1) is 17.1. The molecule has 1 aliphatic heterocycles. The summed E-state index contributed by atoms with van der Waals surface area (Å²) in [5, 5.41) is 7.95. The Morgan fingerprint density at radius 1 is 1.12 bits per heavy atom. The summed E-state index contributed by atoms with van der Waals surface area (Å²) in [5.41, 5.74) is 2.69. The summed E-state index contributed by atoms with van der Waals surface area (Å²) < 4.78 is 25.6. The first-order valence-electron chi connectivity index (χ1n) is 11.9. The Labute approximate surface area is 204 Å². The summed E-state index contributed by atoms with van der Waals surface area (Å²) in [7, 11) is 1.63. The molecule has 1 aliphatic rings. The summed E-state index contributed by atoms with van der Waals surface area (Å²) in [5.74, 6) is 2.70. The topological polar surface area (TPSA) is 77.5 Å². The zero-order valence-corrected chi connectivity index (χ0v) is 20.1. The number of ether oxygens (including phenoxy) is 3. The van der Waals surface area contributed by atoms with E-state index in [9.17, 15) is 0 Å². The van der Waals surface area contributed by atoms with Crippen molar-refractivity contribution in [3.05, 3.63) is 54.2 Å². The molecular formula is C26H28N4O3S. The van der Waals surface area contributed by atoms with Gasteiger partial charge in [-0.15, -0.1) is 11.3 Å². The SMILES string of the molecule is [2H]N1CCC(Oc2cc3c(Nc4cc(-c5cccs5)ccc4OCC)ncnc3cc2OC)CC1. The van der Waals surface area contributed by atoms with Gasteiger partial charge in [0.05, 0.1) is 24.9 Å². The molecule has 0 saturated carbocycles. The fourth-order valence-corrected chi connectivity index (χ4v) is 4.80. The van der Waals surface area contributed by atoms with E-state index in [0.29, 0.717) is 37.0 Å². The number of methoxy groups -OCH3 is 1. The average Bonchev–Trinajstić information content (AvgIpc) is 3.42. The molecule has 0 aliphatic carbocycles. The third-order valence-corrected chi connectivity index (χ3v) is 6.69. The fraction of sp³-hybridized carbons (Fsp3) is 0.308. The predicted molar refractivity (Wildman–Crippen MR) is 137 cm³/mol. The van der Waals surface area contributed by atoms with Crippen LogP contribution >= 0.6 is 11.3 Å². The highest BCUT2D eigenvalue weighted by atomic mass is 32.1. The number of anilines is 2. The number of fused-ring (bicyclic) bond motifs is 1. The number of piperidine rings is 1. The fourth-order valence-electron chi connectivity index (χ4n) is 4.07. The number of rotatable bonds is 8. The molecule has 0 atom stereocenters. The first kappa shape index (κ1) is 21.2. The summed E-state index contributed by atoms with van der Waals surface area (Å²) in [6.07, 6.45) is 3.18. The molecule has 0 spiro atoms. The van der Waals surface area contributed by atoms with Crippen LogP contribution in [0.15, 0.2) is 54.2 Å². The van der Waals surface area contributed by atoms with Crippen molar-refractivity contribution in [3.63, 3.8) is 0 Å². The molecule has 0 unspecified atom stereocenters. The van der Waals surface area contributed by atoms with Gasteiger partial charge >= 0.3 is 0 Å². The van der Waals surface area contributed by atoms with Crippen molar-refractivity contribution in [2.45, 2.75) is 25.9 Å². The Bertz CT molecular complexity index is 1290. The van der Waals surface area contributed by atoms with Crippen LogP contribution in [0, 0.1) is 0 Å². The van der Waals surface area contributed by atoms with E-state index in [1.165, 1.54) is 11.2 Å². The van der Waals surface area contributed by atoms with Gasteiger partial charge in [-0.05, 0) is 74.1 Å². The lowest BCUT2D eigenvalue weighted by Crippen LogP contribution is -2.34. The quantitative estimate of drug-likeness (QED) is 0.340. The monoisotopic (exact) mass is 477 g/mol. The molecule has 4 aromatic rings. The molecule has 5 rings (SSSR count). The zero-order valence-electron chi connectivity index (χ0n) is 20.3. The van der Waals surface area contributed by atoms with E-state index in [0.717, 1.165) is 40.7 Å². The van der Waals surface area contributed by atoms with Crippen molar-refractivity contribution in [2.75, 3.05) is 32.1 Å². The molecule has 8 heteroatoms. The van der Waals surface area contributed by atoms with E-state index in [4.69, 9.17) is 15.6 Å². The minimum Gasteiger partial charge on any atom is -0.493 e. The van der Waals surface area contributed by atoms with Crippen molar-refractivity contribution in [1.29, 1.82) is 0 Å². The van der Waals surface area contributed by atoms with Gasteiger partial charge in [-0.25, -0.2) is 9.97 Å². The standard InChI is InChI=1S/C26H28N4O3S/c1-3-32-22-7-6-17(25-5-4-12-34-25)13-21(22)30-26-19-14-24(33-18-8-10-27-11-9-18)23(31-2)15-20(19)28-16-29-26/h4-7,12-16,18,27H,3,8-11H2,1-2H3,(H,28,29,30)/i/hD. The van der Waals surface area contributed by atoms with E-state index >= 15 is 0 Å². The van der Waals surface area contributed by atoms with Crippen LogP contribution in [0.25, 0.3) is 21.3 Å². The number of nitrogens with one attached hydrogen (secondary N) is 2. The number of hydrogen-bond donors (Lipinski definition) is 2. The van der Waals surface area contributed by atoms with Gasteiger partial charge in [-0.2, -0.15) is 0 Å². The molecule has 1 saturated heterocycles. The van der Waals surface area contributed by atoms with Crippen LogP contribution in [0.1, 0.15) is 19.8 Å². The van der Waals surface area contributed by atoms with Crippen LogP contribution in [-0.2, 0) is 0 Å². The summed E-state index contributed by atoms with van der Waals surface area (Å²) >= 11 is 1.70. The van der Waals surface area contributed by atoms with Gasteiger partial charge in [-0.3, -0.25) is 0 Å². The Hall–Kier alpha value is -3.36. The minimum atomic E-state index is 0.0380. The summed E-state index contributed by atoms with van der Waals surface area (Å²) in [4.78, 5) is 10.2. The Morgan fingerprint density at radius 3 is 2.76 bits per heavy atom. The van der Waals surface area contributed by atoms with Crippen LogP contribution in [0.4, 0.5) is 11.5 Å². The number of benzene rings is 2. The van der Waals surface area contributed by atoms with E-state index in [-0.39, 0.29) is 6.10 Å². The van der Waals surface area contributed by atoms with Crippen LogP contribution in [-0.4, -0.2) is 42.9 Å². The van der Waals surface area contributed by atoms with E-state index in [1.807, 2.05) is 31.2 Å². The predicted octanol–water partition coefficient (Wildman–Crippen LogP) is 5.64. The lowest BCUT2D eigenvalue weighted by Gasteiger charge is -2.25. The molecule has 0 amide bonds. The molecule has 2 aromatic carbocycles. The highest BCUT2D eigenvalue weighted by molar-refractivity contribution is 7.13. The smallest absolute Gasteiger partial charge is 0.162 e. The van der Waals surface area contributed by atoms with E-state index in [2.05, 4.69) is 38.9 Å². The summed E-state index contributed by atoms with van der Waals surface area (Å²) in [6.45, 7) is 3.91.